The van der Waals surface area contributed by atoms with Crippen molar-refractivity contribution in [2.45, 2.75) is 6.92 Å². The van der Waals surface area contributed by atoms with Gasteiger partial charge in [-0.25, -0.2) is 0 Å². The third-order valence-electron chi connectivity index (χ3n) is 2.08. The van der Waals surface area contributed by atoms with Crippen LogP contribution in [0.2, 0.25) is 0 Å². The minimum atomic E-state index is 0.650. The number of ether oxygens (including phenoxy) is 1. The summed E-state index contributed by atoms with van der Waals surface area (Å²) in [5, 5.41) is 1.14. The number of pyridine rings is 1. The van der Waals surface area contributed by atoms with E-state index in [1.807, 2.05) is 43.3 Å². The number of hydrogen-bond acceptors (Lipinski definition) is 2. The van der Waals surface area contributed by atoms with E-state index < -0.39 is 0 Å². The Morgan fingerprint density at radius 1 is 1.27 bits per heavy atom. The van der Waals surface area contributed by atoms with Gasteiger partial charge in [-0.15, -0.1) is 0 Å². The fraction of sp³-hybridized carbons (Fsp3) is 0.167. The van der Waals surface area contributed by atoms with E-state index in [0.717, 1.165) is 21.2 Å². The Labute approximate surface area is 96.6 Å². The summed E-state index contributed by atoms with van der Waals surface area (Å²) in [6.07, 6.45) is 0. The van der Waals surface area contributed by atoms with E-state index >= 15 is 0 Å². The van der Waals surface area contributed by atoms with Crippen LogP contribution in [0.25, 0.3) is 10.9 Å². The average Bonchev–Trinajstić information content (AvgIpc) is 2.29. The molecule has 2 aromatic rings. The summed E-state index contributed by atoms with van der Waals surface area (Å²) < 4.78 is 6.13. The summed E-state index contributed by atoms with van der Waals surface area (Å²) in [6, 6.07) is 12.1. The summed E-state index contributed by atoms with van der Waals surface area (Å²) in [7, 11) is 0. The number of rotatable bonds is 3. The van der Waals surface area contributed by atoms with Gasteiger partial charge in [0.1, 0.15) is 0 Å². The quantitative estimate of drug-likeness (QED) is 0.790. The monoisotopic (exact) mass is 265 g/mol. The zero-order chi connectivity index (χ0) is 10.7. The first-order valence-corrected chi connectivity index (χ1v) is 5.70. The standard InChI is InChI=1S/C12H11NOSe/c1-2-14-12(15)11-8-7-9-5-3-4-6-10(9)13-11/h3-8H,2H2,1H3. The van der Waals surface area contributed by atoms with Crippen molar-refractivity contribution in [1.82, 2.24) is 4.98 Å². The first-order chi connectivity index (χ1) is 7.31. The van der Waals surface area contributed by atoms with Gasteiger partial charge in [-0.3, -0.25) is 0 Å². The summed E-state index contributed by atoms with van der Waals surface area (Å²) in [5.74, 6) is 0. The molecule has 0 unspecified atom stereocenters. The number of hydrogen-bond donors (Lipinski definition) is 0. The molecule has 1 aromatic heterocycles. The summed E-state index contributed by atoms with van der Waals surface area (Å²) in [6.45, 7) is 2.61. The second-order valence-electron chi connectivity index (χ2n) is 3.11. The SMILES string of the molecule is CCOC(=[Se])c1ccc2ccccc2n1. The van der Waals surface area contributed by atoms with Crippen molar-refractivity contribution < 1.29 is 4.74 Å². The van der Waals surface area contributed by atoms with Crippen LogP contribution in [0.5, 0.6) is 0 Å². The number of fused-ring (bicyclic) bond motifs is 1. The van der Waals surface area contributed by atoms with E-state index in [1.54, 1.807) is 0 Å². The molecule has 0 saturated carbocycles. The Bertz CT molecular complexity index is 496. The third kappa shape index (κ3) is 2.25. The third-order valence-corrected chi connectivity index (χ3v) is 2.77. The molecule has 0 saturated heterocycles. The van der Waals surface area contributed by atoms with Gasteiger partial charge in [0, 0.05) is 0 Å². The van der Waals surface area contributed by atoms with Crippen molar-refractivity contribution in [3.05, 3.63) is 42.1 Å². The van der Waals surface area contributed by atoms with Crippen LogP contribution in [0.1, 0.15) is 12.6 Å². The Hall–Kier alpha value is -1.18. The van der Waals surface area contributed by atoms with Crippen molar-refractivity contribution in [2.75, 3.05) is 6.61 Å². The Morgan fingerprint density at radius 3 is 2.87 bits per heavy atom. The summed E-state index contributed by atoms with van der Waals surface area (Å²) in [5.41, 5.74) is 1.85. The van der Waals surface area contributed by atoms with Crippen LogP contribution in [-0.4, -0.2) is 31.8 Å². The molecule has 0 N–H and O–H groups in total. The molecule has 76 valence electrons. The molecule has 0 aliphatic rings. The Morgan fingerprint density at radius 2 is 2.07 bits per heavy atom. The number of nitrogens with zero attached hydrogens (tertiary/aromatic N) is 1. The molecule has 0 aliphatic carbocycles. The van der Waals surface area contributed by atoms with Gasteiger partial charge in [0.25, 0.3) is 0 Å². The van der Waals surface area contributed by atoms with Gasteiger partial charge in [-0.05, 0) is 0 Å². The van der Waals surface area contributed by atoms with Crippen molar-refractivity contribution in [2.24, 2.45) is 0 Å². The topological polar surface area (TPSA) is 22.1 Å². The van der Waals surface area contributed by atoms with E-state index in [-0.39, 0.29) is 0 Å². The van der Waals surface area contributed by atoms with Gasteiger partial charge in [-0.2, -0.15) is 0 Å². The molecule has 0 amide bonds. The first-order valence-electron chi connectivity index (χ1n) is 4.84. The molecule has 0 fully saturated rings. The van der Waals surface area contributed by atoms with Crippen LogP contribution in [0.3, 0.4) is 0 Å². The van der Waals surface area contributed by atoms with Crippen LogP contribution in [0.4, 0.5) is 0 Å². The summed E-state index contributed by atoms with van der Waals surface area (Å²) >= 11 is 2.89. The van der Waals surface area contributed by atoms with Gasteiger partial charge in [0.2, 0.25) is 0 Å². The zero-order valence-corrected chi connectivity index (χ0v) is 10.1. The molecule has 0 spiro atoms. The minimum absolute atomic E-state index is 0.650. The molecule has 3 heteroatoms. The number of aromatic nitrogens is 1. The van der Waals surface area contributed by atoms with Gasteiger partial charge in [-0.1, -0.05) is 0 Å². The van der Waals surface area contributed by atoms with Crippen molar-refractivity contribution in [3.8, 4) is 0 Å². The van der Waals surface area contributed by atoms with Crippen LogP contribution < -0.4 is 0 Å². The molecule has 0 bridgehead atoms. The predicted molar refractivity (Wildman–Crippen MR) is 63.2 cm³/mol. The van der Waals surface area contributed by atoms with Crippen molar-refractivity contribution >= 4 is 31.1 Å². The Balaban J connectivity index is 2.42. The van der Waals surface area contributed by atoms with E-state index in [0.29, 0.717) is 6.61 Å². The van der Waals surface area contributed by atoms with E-state index in [2.05, 4.69) is 20.6 Å². The average molecular weight is 264 g/mol. The van der Waals surface area contributed by atoms with E-state index in [1.165, 1.54) is 0 Å². The van der Waals surface area contributed by atoms with Crippen LogP contribution in [-0.2, 0) is 4.74 Å². The molecule has 2 nitrogen and oxygen atoms in total. The van der Waals surface area contributed by atoms with Gasteiger partial charge in [0.15, 0.2) is 0 Å². The molecule has 0 radical (unpaired) electrons. The molecular formula is C12H11NOSe. The number of para-hydroxylation sites is 1. The second kappa shape index (κ2) is 4.56. The zero-order valence-electron chi connectivity index (χ0n) is 8.43. The Kier molecular flexibility index (Phi) is 3.14. The molecule has 0 aliphatic heterocycles. The van der Waals surface area contributed by atoms with Crippen LogP contribution in [0, 0.1) is 0 Å². The number of benzene rings is 1. The normalized spacial score (nSPS) is 10.2. The molecule has 2 rings (SSSR count). The van der Waals surface area contributed by atoms with E-state index in [4.69, 9.17) is 4.74 Å². The molecule has 1 heterocycles. The predicted octanol–water partition coefficient (Wildman–Crippen LogP) is 1.92. The molecule has 15 heavy (non-hydrogen) atoms. The van der Waals surface area contributed by atoms with Crippen molar-refractivity contribution in [1.29, 1.82) is 0 Å². The second-order valence-corrected chi connectivity index (χ2v) is 3.89. The first kappa shape index (κ1) is 10.3. The van der Waals surface area contributed by atoms with Gasteiger partial charge < -0.3 is 0 Å². The fourth-order valence-corrected chi connectivity index (χ4v) is 1.87. The fourth-order valence-electron chi connectivity index (χ4n) is 1.38. The van der Waals surface area contributed by atoms with Gasteiger partial charge in [0.05, 0.1) is 0 Å². The molecule has 1 aromatic carbocycles. The van der Waals surface area contributed by atoms with Crippen molar-refractivity contribution in [3.63, 3.8) is 0 Å². The van der Waals surface area contributed by atoms with E-state index in [9.17, 15) is 0 Å². The molecular weight excluding hydrogens is 253 g/mol. The maximum absolute atomic E-state index is 5.38. The van der Waals surface area contributed by atoms with Crippen LogP contribution >= 0.6 is 0 Å². The van der Waals surface area contributed by atoms with Crippen LogP contribution in [0.15, 0.2) is 36.4 Å². The molecule has 0 atom stereocenters. The van der Waals surface area contributed by atoms with Gasteiger partial charge >= 0.3 is 96.4 Å². The maximum atomic E-state index is 5.38. The summed E-state index contributed by atoms with van der Waals surface area (Å²) in [4.78, 5) is 4.50.